The summed E-state index contributed by atoms with van der Waals surface area (Å²) < 4.78 is 5.44. The zero-order valence-corrected chi connectivity index (χ0v) is 10.6. The molecule has 0 aliphatic rings. The Balaban J connectivity index is 2.01. The number of carboxylic acids is 1. The van der Waals surface area contributed by atoms with Crippen molar-refractivity contribution in [1.82, 2.24) is 10.2 Å². The van der Waals surface area contributed by atoms with E-state index in [1.807, 2.05) is 31.2 Å². The molecule has 0 saturated carbocycles. The van der Waals surface area contributed by atoms with Crippen molar-refractivity contribution in [2.75, 3.05) is 5.75 Å². The Labute approximate surface area is 108 Å². The maximum absolute atomic E-state index is 10.4. The first kappa shape index (κ1) is 12.6. The monoisotopic (exact) mass is 264 g/mol. The minimum absolute atomic E-state index is 0.0763. The molecule has 2 rings (SSSR count). The van der Waals surface area contributed by atoms with Crippen molar-refractivity contribution >= 4 is 17.7 Å². The molecule has 1 heterocycles. The third-order valence-corrected chi connectivity index (χ3v) is 3.07. The Morgan fingerprint density at radius 3 is 2.72 bits per heavy atom. The van der Waals surface area contributed by atoms with Crippen LogP contribution >= 0.6 is 11.8 Å². The topological polar surface area (TPSA) is 76.2 Å². The van der Waals surface area contributed by atoms with Crippen LogP contribution in [0, 0.1) is 6.92 Å². The van der Waals surface area contributed by atoms with Gasteiger partial charge in [-0.15, -0.1) is 10.2 Å². The molecule has 0 spiro atoms. The van der Waals surface area contributed by atoms with E-state index in [4.69, 9.17) is 9.52 Å². The van der Waals surface area contributed by atoms with Gasteiger partial charge in [0, 0.05) is 11.3 Å². The Kier molecular flexibility index (Phi) is 3.99. The van der Waals surface area contributed by atoms with Gasteiger partial charge in [0.2, 0.25) is 5.89 Å². The van der Waals surface area contributed by atoms with Crippen LogP contribution in [0.15, 0.2) is 33.9 Å². The molecular weight excluding hydrogens is 252 g/mol. The van der Waals surface area contributed by atoms with E-state index in [2.05, 4.69) is 10.2 Å². The van der Waals surface area contributed by atoms with Gasteiger partial charge in [0.1, 0.15) is 0 Å². The maximum Gasteiger partial charge on any atom is 0.304 e. The molecular formula is C12H12N2O3S. The molecule has 0 amide bonds. The molecule has 0 radical (unpaired) electrons. The lowest BCUT2D eigenvalue weighted by Crippen LogP contribution is -1.95. The minimum Gasteiger partial charge on any atom is -0.481 e. The van der Waals surface area contributed by atoms with Gasteiger partial charge in [-0.05, 0) is 19.1 Å². The van der Waals surface area contributed by atoms with E-state index >= 15 is 0 Å². The van der Waals surface area contributed by atoms with Gasteiger partial charge in [0.05, 0.1) is 6.42 Å². The number of hydrogen-bond donors (Lipinski definition) is 1. The summed E-state index contributed by atoms with van der Waals surface area (Å²) in [6, 6.07) is 7.76. The van der Waals surface area contributed by atoms with Crippen molar-refractivity contribution in [3.8, 4) is 11.5 Å². The minimum atomic E-state index is -0.833. The fraction of sp³-hybridized carbons (Fsp3) is 0.250. The highest BCUT2D eigenvalue weighted by atomic mass is 32.2. The molecule has 5 nitrogen and oxygen atoms in total. The van der Waals surface area contributed by atoms with Crippen LogP contribution in [-0.2, 0) is 4.79 Å². The van der Waals surface area contributed by atoms with Crippen molar-refractivity contribution in [3.05, 3.63) is 29.8 Å². The van der Waals surface area contributed by atoms with E-state index in [1.165, 1.54) is 11.8 Å². The molecule has 0 aliphatic carbocycles. The second kappa shape index (κ2) is 5.68. The van der Waals surface area contributed by atoms with Crippen molar-refractivity contribution in [1.29, 1.82) is 0 Å². The summed E-state index contributed by atoms with van der Waals surface area (Å²) >= 11 is 1.25. The summed E-state index contributed by atoms with van der Waals surface area (Å²) in [5, 5.41) is 16.7. The highest BCUT2D eigenvalue weighted by Gasteiger charge is 2.09. The van der Waals surface area contributed by atoms with Crippen molar-refractivity contribution < 1.29 is 14.3 Å². The normalized spacial score (nSPS) is 10.5. The number of rotatable bonds is 5. The average Bonchev–Trinajstić information content (AvgIpc) is 2.78. The van der Waals surface area contributed by atoms with Gasteiger partial charge in [-0.3, -0.25) is 4.79 Å². The molecule has 0 atom stereocenters. The summed E-state index contributed by atoms with van der Waals surface area (Å²) in [4.78, 5) is 10.4. The fourth-order valence-electron chi connectivity index (χ4n) is 1.31. The van der Waals surface area contributed by atoms with Gasteiger partial charge in [-0.2, -0.15) is 0 Å². The highest BCUT2D eigenvalue weighted by Crippen LogP contribution is 2.23. The highest BCUT2D eigenvalue weighted by molar-refractivity contribution is 7.99. The van der Waals surface area contributed by atoms with Gasteiger partial charge >= 0.3 is 5.97 Å². The predicted molar refractivity (Wildman–Crippen MR) is 67.4 cm³/mol. The first-order valence-corrected chi connectivity index (χ1v) is 6.39. The number of carboxylic acid groups (broad SMARTS) is 1. The second-order valence-corrected chi connectivity index (χ2v) is 4.78. The summed E-state index contributed by atoms with van der Waals surface area (Å²) in [5.41, 5.74) is 2.02. The van der Waals surface area contributed by atoms with E-state index < -0.39 is 5.97 Å². The summed E-state index contributed by atoms with van der Waals surface area (Å²) in [6.07, 6.45) is 0.0763. The number of nitrogens with zero attached hydrogens (tertiary/aromatic N) is 2. The second-order valence-electron chi connectivity index (χ2n) is 3.73. The lowest BCUT2D eigenvalue weighted by molar-refractivity contribution is -0.136. The molecule has 0 unspecified atom stereocenters. The van der Waals surface area contributed by atoms with Crippen LogP contribution in [0.25, 0.3) is 11.5 Å². The average molecular weight is 264 g/mol. The number of aliphatic carboxylic acids is 1. The lowest BCUT2D eigenvalue weighted by Gasteiger charge is -1.95. The third-order valence-electron chi connectivity index (χ3n) is 2.25. The van der Waals surface area contributed by atoms with Crippen LogP contribution in [0.1, 0.15) is 12.0 Å². The molecule has 0 saturated heterocycles. The number of aromatic nitrogens is 2. The van der Waals surface area contributed by atoms with E-state index in [0.29, 0.717) is 16.9 Å². The van der Waals surface area contributed by atoms with Crippen LogP contribution in [0.3, 0.4) is 0 Å². The molecule has 1 N–H and O–H groups in total. The van der Waals surface area contributed by atoms with Gasteiger partial charge < -0.3 is 9.52 Å². The first-order chi connectivity index (χ1) is 8.65. The van der Waals surface area contributed by atoms with Gasteiger partial charge in [-0.1, -0.05) is 29.5 Å². The predicted octanol–water partition coefficient (Wildman–Crippen LogP) is 2.61. The molecule has 2 aromatic rings. The number of aryl methyl sites for hydroxylation is 1. The van der Waals surface area contributed by atoms with Crippen molar-refractivity contribution in [2.45, 2.75) is 18.6 Å². The Morgan fingerprint density at radius 2 is 2.06 bits per heavy atom. The fourth-order valence-corrected chi connectivity index (χ4v) is 1.99. The molecule has 0 aliphatic heterocycles. The van der Waals surface area contributed by atoms with Gasteiger partial charge in [-0.25, -0.2) is 0 Å². The third kappa shape index (κ3) is 3.33. The smallest absolute Gasteiger partial charge is 0.304 e. The van der Waals surface area contributed by atoms with Gasteiger partial charge in [0.25, 0.3) is 5.22 Å². The lowest BCUT2D eigenvalue weighted by atomic mass is 10.1. The van der Waals surface area contributed by atoms with Crippen LogP contribution < -0.4 is 0 Å². The summed E-state index contributed by atoms with van der Waals surface area (Å²) in [6.45, 7) is 2.00. The molecule has 0 bridgehead atoms. The van der Waals surface area contributed by atoms with Crippen molar-refractivity contribution in [3.63, 3.8) is 0 Å². The van der Waals surface area contributed by atoms with E-state index in [0.717, 1.165) is 11.1 Å². The van der Waals surface area contributed by atoms with E-state index in [9.17, 15) is 4.79 Å². The Bertz CT molecular complexity index is 537. The first-order valence-electron chi connectivity index (χ1n) is 5.40. The van der Waals surface area contributed by atoms with E-state index in [1.54, 1.807) is 0 Å². The van der Waals surface area contributed by atoms with Crippen LogP contribution in [0.2, 0.25) is 0 Å². The van der Waals surface area contributed by atoms with Crippen LogP contribution in [0.4, 0.5) is 0 Å². The summed E-state index contributed by atoms with van der Waals surface area (Å²) in [5.74, 6) is 0.0406. The van der Waals surface area contributed by atoms with Crippen molar-refractivity contribution in [2.24, 2.45) is 0 Å². The van der Waals surface area contributed by atoms with E-state index in [-0.39, 0.29) is 6.42 Å². The number of hydrogen-bond acceptors (Lipinski definition) is 5. The number of thioether (sulfide) groups is 1. The molecule has 1 aromatic carbocycles. The maximum atomic E-state index is 10.4. The Hall–Kier alpha value is -1.82. The summed E-state index contributed by atoms with van der Waals surface area (Å²) in [7, 11) is 0. The van der Waals surface area contributed by atoms with Crippen LogP contribution in [-0.4, -0.2) is 27.0 Å². The SMILES string of the molecule is Cc1ccc(-c2nnc(SCCC(=O)O)o2)cc1. The molecule has 1 aromatic heterocycles. The molecule has 0 fully saturated rings. The standard InChI is InChI=1S/C12H12N2O3S/c1-8-2-4-9(5-3-8)11-13-14-12(17-11)18-7-6-10(15)16/h2-5H,6-7H2,1H3,(H,15,16). The number of benzene rings is 1. The zero-order valence-electron chi connectivity index (χ0n) is 9.79. The zero-order chi connectivity index (χ0) is 13.0. The molecule has 94 valence electrons. The Morgan fingerprint density at radius 1 is 1.33 bits per heavy atom. The number of carbonyl (C=O) groups is 1. The van der Waals surface area contributed by atoms with Gasteiger partial charge in [0.15, 0.2) is 0 Å². The van der Waals surface area contributed by atoms with Crippen LogP contribution in [0.5, 0.6) is 0 Å². The quantitative estimate of drug-likeness (QED) is 0.836. The molecule has 6 heteroatoms. The largest absolute Gasteiger partial charge is 0.481 e. The molecule has 18 heavy (non-hydrogen) atoms.